The van der Waals surface area contributed by atoms with Crippen LogP contribution in [0.3, 0.4) is 0 Å². The van der Waals surface area contributed by atoms with E-state index in [-0.39, 0.29) is 12.0 Å². The summed E-state index contributed by atoms with van der Waals surface area (Å²) in [6.45, 7) is 3.41. The van der Waals surface area contributed by atoms with E-state index in [1.807, 2.05) is 25.1 Å². The summed E-state index contributed by atoms with van der Waals surface area (Å²) < 4.78 is 16.7. The van der Waals surface area contributed by atoms with Crippen molar-refractivity contribution in [3.05, 3.63) is 89.1 Å². The molecule has 2 atom stereocenters. The molecule has 0 unspecified atom stereocenters. The van der Waals surface area contributed by atoms with Crippen LogP contribution in [0, 0.1) is 0 Å². The number of ether oxygens (including phenoxy) is 3. The van der Waals surface area contributed by atoms with E-state index < -0.39 is 0 Å². The van der Waals surface area contributed by atoms with Gasteiger partial charge in [-0.1, -0.05) is 36.4 Å². The Morgan fingerprint density at radius 1 is 0.875 bits per heavy atom. The van der Waals surface area contributed by atoms with Crippen molar-refractivity contribution >= 4 is 10.9 Å². The van der Waals surface area contributed by atoms with Gasteiger partial charge in [0.15, 0.2) is 11.5 Å². The molecule has 0 amide bonds. The first-order chi connectivity index (χ1) is 15.7. The van der Waals surface area contributed by atoms with E-state index in [2.05, 4.69) is 58.8 Å². The van der Waals surface area contributed by atoms with Gasteiger partial charge < -0.3 is 24.5 Å². The fourth-order valence-electron chi connectivity index (χ4n) is 4.77. The second kappa shape index (κ2) is 8.60. The molecule has 0 saturated carbocycles. The quantitative estimate of drug-likeness (QED) is 0.431. The molecule has 3 aromatic carbocycles. The number of fused-ring (bicyclic) bond motifs is 3. The summed E-state index contributed by atoms with van der Waals surface area (Å²) in [5.41, 5.74) is 6.13. The van der Waals surface area contributed by atoms with Gasteiger partial charge in [0.05, 0.1) is 26.9 Å². The first kappa shape index (κ1) is 20.5. The molecular formula is C27H28N2O3. The molecule has 1 aromatic heterocycles. The van der Waals surface area contributed by atoms with Crippen LogP contribution in [-0.2, 0) is 0 Å². The topological polar surface area (TPSA) is 55.5 Å². The van der Waals surface area contributed by atoms with Gasteiger partial charge in [0.2, 0.25) is 0 Å². The molecule has 0 radical (unpaired) electrons. The average Bonchev–Trinajstić information content (AvgIpc) is 3.23. The predicted molar refractivity (Wildman–Crippen MR) is 127 cm³/mol. The smallest absolute Gasteiger partial charge is 0.161 e. The third-order valence-corrected chi connectivity index (χ3v) is 6.28. The second-order valence-corrected chi connectivity index (χ2v) is 8.01. The average molecular weight is 429 g/mol. The molecule has 4 aromatic rings. The molecule has 5 heteroatoms. The lowest BCUT2D eigenvalue weighted by atomic mass is 9.83. The summed E-state index contributed by atoms with van der Waals surface area (Å²) >= 11 is 0. The van der Waals surface area contributed by atoms with Gasteiger partial charge in [-0.15, -0.1) is 0 Å². The van der Waals surface area contributed by atoms with Gasteiger partial charge in [-0.05, 0) is 53.9 Å². The normalized spacial score (nSPS) is 17.7. The molecule has 2 heterocycles. The molecule has 0 fully saturated rings. The van der Waals surface area contributed by atoms with Crippen molar-refractivity contribution in [1.29, 1.82) is 0 Å². The molecule has 0 bridgehead atoms. The van der Waals surface area contributed by atoms with Crippen LogP contribution < -0.4 is 19.5 Å². The summed E-state index contributed by atoms with van der Waals surface area (Å²) in [5.74, 6) is 2.63. The Balaban J connectivity index is 1.62. The minimum absolute atomic E-state index is 0.0389. The van der Waals surface area contributed by atoms with Gasteiger partial charge in [0, 0.05) is 29.1 Å². The Kier molecular flexibility index (Phi) is 5.50. The SMILES string of the molecule is CCOc1cc([C@H]2NC[C@@H](c3ccc(OC)cc3)c3c2[nH]c2ccccc32)ccc1OC. The van der Waals surface area contributed by atoms with E-state index >= 15 is 0 Å². The highest BCUT2D eigenvalue weighted by Gasteiger charge is 2.32. The highest BCUT2D eigenvalue weighted by atomic mass is 16.5. The van der Waals surface area contributed by atoms with E-state index in [9.17, 15) is 0 Å². The highest BCUT2D eigenvalue weighted by molar-refractivity contribution is 5.86. The predicted octanol–water partition coefficient (Wildman–Crippen LogP) is 5.41. The fourth-order valence-corrected chi connectivity index (χ4v) is 4.77. The Bertz CT molecular complexity index is 1230. The van der Waals surface area contributed by atoms with Crippen LogP contribution in [0.1, 0.15) is 41.3 Å². The number of aromatic nitrogens is 1. The number of methoxy groups -OCH3 is 2. The largest absolute Gasteiger partial charge is 0.497 e. The minimum atomic E-state index is 0.0389. The minimum Gasteiger partial charge on any atom is -0.497 e. The van der Waals surface area contributed by atoms with Crippen molar-refractivity contribution in [1.82, 2.24) is 10.3 Å². The summed E-state index contributed by atoms with van der Waals surface area (Å²) in [6, 6.07) is 23.2. The molecule has 1 aliphatic rings. The van der Waals surface area contributed by atoms with Gasteiger partial charge in [0.25, 0.3) is 0 Å². The third kappa shape index (κ3) is 3.49. The third-order valence-electron chi connectivity index (χ3n) is 6.28. The van der Waals surface area contributed by atoms with E-state index in [0.29, 0.717) is 6.61 Å². The number of rotatable bonds is 6. The maximum atomic E-state index is 5.84. The molecule has 1 aliphatic heterocycles. The molecule has 0 aliphatic carbocycles. The summed E-state index contributed by atoms with van der Waals surface area (Å²) in [5, 5.41) is 5.05. The lowest BCUT2D eigenvalue weighted by molar-refractivity contribution is 0.310. The number of hydrogen-bond acceptors (Lipinski definition) is 4. The van der Waals surface area contributed by atoms with Crippen LogP contribution in [0.2, 0.25) is 0 Å². The lowest BCUT2D eigenvalue weighted by Gasteiger charge is -2.31. The maximum absolute atomic E-state index is 5.84. The van der Waals surface area contributed by atoms with E-state index in [1.165, 1.54) is 22.2 Å². The maximum Gasteiger partial charge on any atom is 0.161 e. The highest BCUT2D eigenvalue weighted by Crippen LogP contribution is 2.43. The van der Waals surface area contributed by atoms with Gasteiger partial charge in [-0.2, -0.15) is 0 Å². The van der Waals surface area contributed by atoms with Gasteiger partial charge in [0.1, 0.15) is 5.75 Å². The van der Waals surface area contributed by atoms with Crippen LogP contribution >= 0.6 is 0 Å². The molecule has 5 nitrogen and oxygen atoms in total. The Labute approximate surface area is 188 Å². The van der Waals surface area contributed by atoms with Crippen molar-refractivity contribution in [3.63, 3.8) is 0 Å². The van der Waals surface area contributed by atoms with Crippen LogP contribution in [0.25, 0.3) is 10.9 Å². The first-order valence-electron chi connectivity index (χ1n) is 11.0. The van der Waals surface area contributed by atoms with Crippen molar-refractivity contribution in [2.24, 2.45) is 0 Å². The zero-order chi connectivity index (χ0) is 22.1. The zero-order valence-corrected chi connectivity index (χ0v) is 18.6. The van der Waals surface area contributed by atoms with Crippen LogP contribution in [0.5, 0.6) is 17.2 Å². The molecule has 5 rings (SSSR count). The standard InChI is InChI=1S/C27H28N2O3/c1-4-32-24-15-18(11-14-23(24)31-3)26-27-25(20-7-5-6-8-22(20)29-27)21(16-28-26)17-9-12-19(30-2)13-10-17/h5-15,21,26,28-29H,4,16H2,1-3H3/t21-,26+/m0/s1. The Hall–Kier alpha value is -3.44. The summed E-state index contributed by atoms with van der Waals surface area (Å²) in [4.78, 5) is 3.71. The fraction of sp³-hybridized carbons (Fsp3) is 0.259. The number of aromatic amines is 1. The number of hydrogen-bond donors (Lipinski definition) is 2. The molecule has 0 spiro atoms. The van der Waals surface area contributed by atoms with Crippen molar-refractivity contribution in [3.8, 4) is 17.2 Å². The molecule has 0 saturated heterocycles. The number of para-hydroxylation sites is 1. The van der Waals surface area contributed by atoms with E-state index in [1.54, 1.807) is 14.2 Å². The van der Waals surface area contributed by atoms with E-state index in [4.69, 9.17) is 14.2 Å². The molecular weight excluding hydrogens is 400 g/mol. The first-order valence-corrected chi connectivity index (χ1v) is 11.0. The van der Waals surface area contributed by atoms with Gasteiger partial charge in [-0.3, -0.25) is 0 Å². The lowest BCUT2D eigenvalue weighted by Crippen LogP contribution is -2.34. The number of nitrogens with one attached hydrogen (secondary N) is 2. The number of benzene rings is 3. The Morgan fingerprint density at radius 2 is 1.66 bits per heavy atom. The van der Waals surface area contributed by atoms with Crippen LogP contribution in [0.15, 0.2) is 66.7 Å². The van der Waals surface area contributed by atoms with Crippen molar-refractivity contribution < 1.29 is 14.2 Å². The zero-order valence-electron chi connectivity index (χ0n) is 18.6. The summed E-state index contributed by atoms with van der Waals surface area (Å²) in [6.07, 6.45) is 0. The second-order valence-electron chi connectivity index (χ2n) is 8.01. The van der Waals surface area contributed by atoms with Gasteiger partial charge in [-0.25, -0.2) is 0 Å². The summed E-state index contributed by atoms with van der Waals surface area (Å²) in [7, 11) is 3.37. The Morgan fingerprint density at radius 3 is 2.41 bits per heavy atom. The molecule has 32 heavy (non-hydrogen) atoms. The van der Waals surface area contributed by atoms with Crippen molar-refractivity contribution in [2.45, 2.75) is 18.9 Å². The molecule has 164 valence electrons. The van der Waals surface area contributed by atoms with E-state index in [0.717, 1.165) is 34.9 Å². The van der Waals surface area contributed by atoms with Crippen LogP contribution in [0.4, 0.5) is 0 Å². The monoisotopic (exact) mass is 428 g/mol. The molecule has 2 N–H and O–H groups in total. The van der Waals surface area contributed by atoms with Crippen molar-refractivity contribution in [2.75, 3.05) is 27.4 Å². The number of H-pyrrole nitrogens is 1. The van der Waals surface area contributed by atoms with Gasteiger partial charge >= 0.3 is 0 Å². The van der Waals surface area contributed by atoms with Crippen LogP contribution in [-0.4, -0.2) is 32.4 Å².